The summed E-state index contributed by atoms with van der Waals surface area (Å²) in [5.41, 5.74) is 0. The highest BCUT2D eigenvalue weighted by Gasteiger charge is 2.21. The maximum absolute atomic E-state index is 11.0. The third-order valence-corrected chi connectivity index (χ3v) is 2.79. The Kier molecular flexibility index (Phi) is 2.68. The van der Waals surface area contributed by atoms with Gasteiger partial charge in [-0.3, -0.25) is 9.69 Å². The van der Waals surface area contributed by atoms with Crippen molar-refractivity contribution < 1.29 is 4.79 Å². The average Bonchev–Trinajstić information content (AvgIpc) is 2.34. The quantitative estimate of drug-likeness (QED) is 0.560. The van der Waals surface area contributed by atoms with Crippen LogP contribution >= 0.6 is 24.0 Å². The zero-order valence-corrected chi connectivity index (χ0v) is 7.43. The van der Waals surface area contributed by atoms with E-state index in [0.717, 1.165) is 16.6 Å². The molecule has 0 saturated carbocycles. The van der Waals surface area contributed by atoms with Crippen LogP contribution in [0.15, 0.2) is 0 Å². The second-order valence-electron chi connectivity index (χ2n) is 2.01. The molecule has 1 fully saturated rings. The smallest absolute Gasteiger partial charge is 0.227 e. The van der Waals surface area contributed by atoms with Crippen LogP contribution in [-0.4, -0.2) is 27.4 Å². The maximum atomic E-state index is 11.0. The molecule has 0 aromatic carbocycles. The molecule has 2 nitrogen and oxygen atoms in total. The Morgan fingerprint density at radius 3 is 3.00 bits per heavy atom. The fourth-order valence-electron chi connectivity index (χ4n) is 0.811. The third-order valence-electron chi connectivity index (χ3n) is 1.36. The second-order valence-corrected chi connectivity index (χ2v) is 3.74. The van der Waals surface area contributed by atoms with Crippen molar-refractivity contribution in [3.8, 4) is 0 Å². The van der Waals surface area contributed by atoms with E-state index in [2.05, 4.69) is 0 Å². The summed E-state index contributed by atoms with van der Waals surface area (Å²) >= 11 is 6.54. The molecular weight excluding hydrogens is 166 g/mol. The Morgan fingerprint density at radius 2 is 2.60 bits per heavy atom. The molecular formula is C6H9NOS2. The summed E-state index contributed by atoms with van der Waals surface area (Å²) in [7, 11) is 0. The van der Waals surface area contributed by atoms with E-state index in [0.29, 0.717) is 6.42 Å². The van der Waals surface area contributed by atoms with Crippen LogP contribution in [0.5, 0.6) is 0 Å². The Hall–Kier alpha value is -0.0900. The second kappa shape index (κ2) is 3.34. The molecule has 1 aliphatic heterocycles. The van der Waals surface area contributed by atoms with Gasteiger partial charge < -0.3 is 0 Å². The lowest BCUT2D eigenvalue weighted by Gasteiger charge is -2.12. The monoisotopic (exact) mass is 175 g/mol. The maximum Gasteiger partial charge on any atom is 0.227 e. The van der Waals surface area contributed by atoms with Gasteiger partial charge in [-0.2, -0.15) is 0 Å². The lowest BCUT2D eigenvalue weighted by atomic mass is 10.4. The van der Waals surface area contributed by atoms with Crippen LogP contribution in [-0.2, 0) is 4.79 Å². The first kappa shape index (κ1) is 8.01. The van der Waals surface area contributed by atoms with Gasteiger partial charge in [-0.1, -0.05) is 30.9 Å². The topological polar surface area (TPSA) is 20.3 Å². The molecule has 0 spiro atoms. The van der Waals surface area contributed by atoms with Crippen molar-refractivity contribution in [1.82, 2.24) is 4.90 Å². The molecule has 0 aromatic rings. The van der Waals surface area contributed by atoms with Gasteiger partial charge in [0.2, 0.25) is 5.91 Å². The van der Waals surface area contributed by atoms with E-state index in [9.17, 15) is 4.79 Å². The van der Waals surface area contributed by atoms with Gasteiger partial charge >= 0.3 is 0 Å². The average molecular weight is 175 g/mol. The number of carbonyl (C=O) groups is 1. The lowest BCUT2D eigenvalue weighted by Crippen LogP contribution is -2.29. The van der Waals surface area contributed by atoms with Crippen molar-refractivity contribution in [2.24, 2.45) is 0 Å². The minimum absolute atomic E-state index is 0.148. The first-order valence-corrected chi connectivity index (χ1v) is 4.62. The Balaban J connectivity index is 2.55. The summed E-state index contributed by atoms with van der Waals surface area (Å²) in [6.07, 6.45) is 0.556. The van der Waals surface area contributed by atoms with Gasteiger partial charge in [0.05, 0.1) is 0 Å². The molecule has 56 valence electrons. The standard InChI is InChI=1S/C6H9NOS2/c1-2-5(8)7-3-4-10-6(7)9/h2-4H2,1H3. The highest BCUT2D eigenvalue weighted by atomic mass is 32.2. The largest absolute Gasteiger partial charge is 0.297 e. The van der Waals surface area contributed by atoms with Crippen LogP contribution in [0.1, 0.15) is 13.3 Å². The van der Waals surface area contributed by atoms with Crippen molar-refractivity contribution in [2.45, 2.75) is 13.3 Å². The number of hydrogen-bond acceptors (Lipinski definition) is 3. The molecule has 0 unspecified atom stereocenters. The van der Waals surface area contributed by atoms with Gasteiger partial charge in [-0.15, -0.1) is 0 Å². The van der Waals surface area contributed by atoms with E-state index < -0.39 is 0 Å². The van der Waals surface area contributed by atoms with Gasteiger partial charge in [0.1, 0.15) is 4.32 Å². The van der Waals surface area contributed by atoms with Gasteiger partial charge in [-0.25, -0.2) is 0 Å². The normalized spacial score (nSPS) is 18.1. The summed E-state index contributed by atoms with van der Waals surface area (Å²) in [4.78, 5) is 12.7. The Labute approximate surface area is 70.0 Å². The number of thiocarbonyl (C=S) groups is 1. The molecule has 0 N–H and O–H groups in total. The number of rotatable bonds is 1. The van der Waals surface area contributed by atoms with E-state index >= 15 is 0 Å². The zero-order valence-electron chi connectivity index (χ0n) is 5.79. The first-order valence-electron chi connectivity index (χ1n) is 3.23. The fourth-order valence-corrected chi connectivity index (χ4v) is 2.05. The molecule has 1 saturated heterocycles. The van der Waals surface area contributed by atoms with Crippen LogP contribution in [0.4, 0.5) is 0 Å². The van der Waals surface area contributed by atoms with Gasteiger partial charge in [0.25, 0.3) is 0 Å². The number of hydrogen-bond donors (Lipinski definition) is 0. The van der Waals surface area contributed by atoms with Crippen LogP contribution in [0, 0.1) is 0 Å². The van der Waals surface area contributed by atoms with Crippen molar-refractivity contribution >= 4 is 34.2 Å². The number of amides is 1. The van der Waals surface area contributed by atoms with E-state index in [-0.39, 0.29) is 5.91 Å². The van der Waals surface area contributed by atoms with E-state index in [1.54, 1.807) is 16.7 Å². The predicted molar refractivity (Wildman–Crippen MR) is 47.1 cm³/mol. The molecule has 1 amide bonds. The number of carbonyl (C=O) groups excluding carboxylic acids is 1. The third kappa shape index (κ3) is 1.49. The summed E-state index contributed by atoms with van der Waals surface area (Å²) in [5, 5.41) is 0. The van der Waals surface area contributed by atoms with Crippen LogP contribution < -0.4 is 0 Å². The molecule has 1 aliphatic rings. The first-order chi connectivity index (χ1) is 4.75. The number of thioether (sulfide) groups is 1. The highest BCUT2D eigenvalue weighted by Crippen LogP contribution is 2.18. The van der Waals surface area contributed by atoms with Crippen molar-refractivity contribution in [3.05, 3.63) is 0 Å². The van der Waals surface area contributed by atoms with E-state index in [1.165, 1.54) is 0 Å². The summed E-state index contributed by atoms with van der Waals surface area (Å²) in [6.45, 7) is 2.66. The summed E-state index contributed by atoms with van der Waals surface area (Å²) in [6, 6.07) is 0. The molecule has 0 atom stereocenters. The predicted octanol–water partition coefficient (Wildman–Crippen LogP) is 1.26. The number of nitrogens with zero attached hydrogens (tertiary/aromatic N) is 1. The van der Waals surface area contributed by atoms with Crippen LogP contribution in [0.2, 0.25) is 0 Å². The SMILES string of the molecule is CCC(=O)N1CCSC1=S. The minimum Gasteiger partial charge on any atom is -0.297 e. The molecule has 0 radical (unpaired) electrons. The fraction of sp³-hybridized carbons (Fsp3) is 0.667. The molecule has 1 heterocycles. The Bertz CT molecular complexity index is 169. The summed E-state index contributed by atoms with van der Waals surface area (Å²) in [5.74, 6) is 1.11. The van der Waals surface area contributed by atoms with Crippen molar-refractivity contribution in [1.29, 1.82) is 0 Å². The Morgan fingerprint density at radius 1 is 1.90 bits per heavy atom. The van der Waals surface area contributed by atoms with Gasteiger partial charge in [-0.05, 0) is 0 Å². The van der Waals surface area contributed by atoms with E-state index in [1.807, 2.05) is 6.92 Å². The van der Waals surface area contributed by atoms with Crippen LogP contribution in [0.25, 0.3) is 0 Å². The molecule has 10 heavy (non-hydrogen) atoms. The van der Waals surface area contributed by atoms with Crippen molar-refractivity contribution in [2.75, 3.05) is 12.3 Å². The van der Waals surface area contributed by atoms with Crippen molar-refractivity contribution in [3.63, 3.8) is 0 Å². The van der Waals surface area contributed by atoms with Gasteiger partial charge in [0, 0.05) is 18.7 Å². The van der Waals surface area contributed by atoms with E-state index in [4.69, 9.17) is 12.2 Å². The molecule has 0 aromatic heterocycles. The minimum atomic E-state index is 0.148. The summed E-state index contributed by atoms with van der Waals surface area (Å²) < 4.78 is 0.742. The van der Waals surface area contributed by atoms with Gasteiger partial charge in [0.15, 0.2) is 0 Å². The molecule has 4 heteroatoms. The molecule has 0 bridgehead atoms. The molecule has 1 rings (SSSR count). The zero-order chi connectivity index (χ0) is 7.56. The highest BCUT2D eigenvalue weighted by molar-refractivity contribution is 8.23. The van der Waals surface area contributed by atoms with Crippen LogP contribution in [0.3, 0.4) is 0 Å². The lowest BCUT2D eigenvalue weighted by molar-refractivity contribution is -0.126. The molecule has 0 aliphatic carbocycles.